The molecule has 0 saturated carbocycles. The van der Waals surface area contributed by atoms with Crippen molar-refractivity contribution in [2.75, 3.05) is 0 Å². The number of hydrogen-bond acceptors (Lipinski definition) is 4. The van der Waals surface area contributed by atoms with Crippen molar-refractivity contribution in [1.29, 1.82) is 0 Å². The van der Waals surface area contributed by atoms with Crippen molar-refractivity contribution in [1.82, 2.24) is 0 Å². The minimum atomic E-state index is -4.64. The first-order chi connectivity index (χ1) is 7.49. The van der Waals surface area contributed by atoms with E-state index in [-0.39, 0.29) is 5.69 Å². The first-order valence-electron chi connectivity index (χ1n) is 3.86. The highest BCUT2D eigenvalue weighted by molar-refractivity contribution is 5.62. The van der Waals surface area contributed by atoms with Gasteiger partial charge in [0.2, 0.25) is 12.2 Å². The van der Waals surface area contributed by atoms with Crippen LogP contribution >= 0.6 is 0 Å². The van der Waals surface area contributed by atoms with Gasteiger partial charge in [-0.25, -0.2) is 9.59 Å². The average molecular weight is 228 g/mol. The number of aliphatic imine (C=N–C) groups is 2. The van der Waals surface area contributed by atoms with Gasteiger partial charge in [0, 0.05) is 0 Å². The molecule has 0 aliphatic rings. The molecule has 82 valence electrons. The Morgan fingerprint density at radius 2 is 1.69 bits per heavy atom. The predicted molar refractivity (Wildman–Crippen MR) is 47.0 cm³/mol. The zero-order chi connectivity index (χ0) is 12.2. The second-order valence-electron chi connectivity index (χ2n) is 2.61. The minimum Gasteiger partial charge on any atom is -0.211 e. The van der Waals surface area contributed by atoms with Crippen LogP contribution in [0, 0.1) is 0 Å². The van der Waals surface area contributed by atoms with E-state index in [4.69, 9.17) is 0 Å². The second kappa shape index (κ2) is 4.53. The summed E-state index contributed by atoms with van der Waals surface area (Å²) in [6, 6.07) is 2.49. The van der Waals surface area contributed by atoms with Crippen LogP contribution in [-0.2, 0) is 15.8 Å². The quantitative estimate of drug-likeness (QED) is 0.577. The number of benzene rings is 1. The summed E-state index contributed by atoms with van der Waals surface area (Å²) in [5.41, 5.74) is -1.81. The maximum absolute atomic E-state index is 12.4. The van der Waals surface area contributed by atoms with E-state index < -0.39 is 17.4 Å². The molecule has 0 atom stereocenters. The fourth-order valence-corrected chi connectivity index (χ4v) is 1.02. The minimum absolute atomic E-state index is 0.0722. The standard InChI is InChI=1S/C9H3F3N2O2/c10-9(11,12)7-2-1-6(13-4-15)3-8(7)14-5-16/h1-3H. The van der Waals surface area contributed by atoms with Crippen LogP contribution in [0.4, 0.5) is 24.5 Å². The summed E-state index contributed by atoms with van der Waals surface area (Å²) in [6.07, 6.45) is -2.47. The smallest absolute Gasteiger partial charge is 0.211 e. The third-order valence-corrected chi connectivity index (χ3v) is 1.63. The summed E-state index contributed by atoms with van der Waals surface area (Å²) in [5, 5.41) is 0. The fourth-order valence-electron chi connectivity index (χ4n) is 1.02. The van der Waals surface area contributed by atoms with Gasteiger partial charge in [-0.1, -0.05) is 0 Å². The summed E-state index contributed by atoms with van der Waals surface area (Å²) in [6.45, 7) is 0. The summed E-state index contributed by atoms with van der Waals surface area (Å²) >= 11 is 0. The first-order valence-corrected chi connectivity index (χ1v) is 3.86. The average Bonchev–Trinajstić information content (AvgIpc) is 2.17. The van der Waals surface area contributed by atoms with Crippen molar-refractivity contribution in [2.45, 2.75) is 6.18 Å². The van der Waals surface area contributed by atoms with Crippen molar-refractivity contribution in [3.8, 4) is 0 Å². The number of isocyanates is 2. The van der Waals surface area contributed by atoms with Crippen molar-refractivity contribution >= 4 is 23.5 Å². The highest BCUT2D eigenvalue weighted by Gasteiger charge is 2.33. The molecule has 0 saturated heterocycles. The normalized spacial score (nSPS) is 10.2. The molecule has 0 radical (unpaired) electrons. The molecule has 4 nitrogen and oxygen atoms in total. The van der Waals surface area contributed by atoms with Crippen molar-refractivity contribution in [3.63, 3.8) is 0 Å². The molecule has 0 aliphatic heterocycles. The summed E-state index contributed by atoms with van der Waals surface area (Å²) in [7, 11) is 0. The largest absolute Gasteiger partial charge is 0.418 e. The van der Waals surface area contributed by atoms with Crippen LogP contribution in [0.3, 0.4) is 0 Å². The van der Waals surface area contributed by atoms with Crippen molar-refractivity contribution in [3.05, 3.63) is 23.8 Å². The van der Waals surface area contributed by atoms with E-state index in [1.807, 2.05) is 0 Å². The molecule has 1 rings (SSSR count). The van der Waals surface area contributed by atoms with Crippen molar-refractivity contribution in [2.24, 2.45) is 9.98 Å². The zero-order valence-corrected chi connectivity index (χ0v) is 7.58. The van der Waals surface area contributed by atoms with E-state index in [1.165, 1.54) is 6.08 Å². The highest BCUT2D eigenvalue weighted by Crippen LogP contribution is 2.37. The Kier molecular flexibility index (Phi) is 3.35. The molecule has 0 spiro atoms. The van der Waals surface area contributed by atoms with Crippen LogP contribution < -0.4 is 0 Å². The lowest BCUT2D eigenvalue weighted by molar-refractivity contribution is -0.137. The number of alkyl halides is 3. The molecule has 0 amide bonds. The molecule has 0 bridgehead atoms. The van der Waals surface area contributed by atoms with Gasteiger partial charge in [0.05, 0.1) is 16.9 Å². The molecule has 0 heterocycles. The van der Waals surface area contributed by atoms with Gasteiger partial charge in [-0.05, 0) is 18.2 Å². The van der Waals surface area contributed by atoms with E-state index in [2.05, 4.69) is 9.98 Å². The molecule has 0 aliphatic carbocycles. The third-order valence-electron chi connectivity index (χ3n) is 1.63. The fraction of sp³-hybridized carbons (Fsp3) is 0.111. The predicted octanol–water partition coefficient (Wildman–Crippen LogP) is 2.64. The molecular weight excluding hydrogens is 225 g/mol. The SMILES string of the molecule is O=C=Nc1ccc(C(F)(F)F)c(N=C=O)c1. The molecule has 16 heavy (non-hydrogen) atoms. The highest BCUT2D eigenvalue weighted by atomic mass is 19.4. The van der Waals surface area contributed by atoms with Crippen LogP contribution in [0.15, 0.2) is 28.2 Å². The van der Waals surface area contributed by atoms with Gasteiger partial charge in [-0.2, -0.15) is 23.2 Å². The number of rotatable bonds is 2. The number of hydrogen-bond donors (Lipinski definition) is 0. The molecule has 0 fully saturated rings. The molecule has 0 N–H and O–H groups in total. The van der Waals surface area contributed by atoms with Gasteiger partial charge in [0.15, 0.2) is 0 Å². The number of carbonyl (C=O) groups excluding carboxylic acids is 2. The second-order valence-corrected chi connectivity index (χ2v) is 2.61. The Labute approximate surface area is 87.1 Å². The van der Waals surface area contributed by atoms with Gasteiger partial charge < -0.3 is 0 Å². The van der Waals surface area contributed by atoms with E-state index in [0.29, 0.717) is 6.07 Å². The van der Waals surface area contributed by atoms with Gasteiger partial charge in [0.1, 0.15) is 0 Å². The van der Waals surface area contributed by atoms with Crippen LogP contribution in [0.5, 0.6) is 0 Å². The van der Waals surface area contributed by atoms with Crippen LogP contribution in [0.2, 0.25) is 0 Å². The first kappa shape index (κ1) is 11.8. The molecule has 0 aromatic heterocycles. The van der Waals surface area contributed by atoms with Crippen LogP contribution in [-0.4, -0.2) is 12.2 Å². The van der Waals surface area contributed by atoms with Gasteiger partial charge in [0.25, 0.3) is 0 Å². The maximum atomic E-state index is 12.4. The van der Waals surface area contributed by atoms with Gasteiger partial charge >= 0.3 is 6.18 Å². The summed E-state index contributed by atoms with van der Waals surface area (Å²) in [5.74, 6) is 0. The van der Waals surface area contributed by atoms with Crippen molar-refractivity contribution < 1.29 is 22.8 Å². The van der Waals surface area contributed by atoms with E-state index in [0.717, 1.165) is 18.2 Å². The monoisotopic (exact) mass is 228 g/mol. The van der Waals surface area contributed by atoms with Gasteiger partial charge in [-0.3, -0.25) is 0 Å². The van der Waals surface area contributed by atoms with Crippen LogP contribution in [0.1, 0.15) is 5.56 Å². The number of nitrogens with zero attached hydrogens (tertiary/aromatic N) is 2. The Morgan fingerprint density at radius 3 is 2.19 bits per heavy atom. The van der Waals surface area contributed by atoms with E-state index >= 15 is 0 Å². The third kappa shape index (κ3) is 2.63. The molecule has 1 aromatic rings. The molecular formula is C9H3F3N2O2. The maximum Gasteiger partial charge on any atom is 0.418 e. The summed E-state index contributed by atoms with van der Waals surface area (Å²) in [4.78, 5) is 25.9. The zero-order valence-electron chi connectivity index (χ0n) is 7.58. The lowest BCUT2D eigenvalue weighted by Gasteiger charge is -2.08. The molecule has 0 unspecified atom stereocenters. The molecule has 1 aromatic carbocycles. The van der Waals surface area contributed by atoms with E-state index in [1.54, 1.807) is 0 Å². The lowest BCUT2D eigenvalue weighted by atomic mass is 10.1. The Bertz CT molecular complexity index is 498. The Balaban J connectivity index is 3.41. The Hall–Kier alpha value is -2.23. The number of halogens is 3. The Morgan fingerprint density at radius 1 is 1.06 bits per heavy atom. The van der Waals surface area contributed by atoms with Crippen LogP contribution in [0.25, 0.3) is 0 Å². The lowest BCUT2D eigenvalue weighted by Crippen LogP contribution is -2.04. The van der Waals surface area contributed by atoms with E-state index in [9.17, 15) is 22.8 Å². The van der Waals surface area contributed by atoms with Gasteiger partial charge in [-0.15, -0.1) is 0 Å². The summed E-state index contributed by atoms with van der Waals surface area (Å²) < 4.78 is 37.2. The topological polar surface area (TPSA) is 58.9 Å². The molecule has 7 heteroatoms.